The van der Waals surface area contributed by atoms with E-state index in [4.69, 9.17) is 0 Å². The van der Waals surface area contributed by atoms with Crippen LogP contribution in [0.4, 0.5) is 4.79 Å². The number of hydrogen-bond donors (Lipinski definition) is 1. The van der Waals surface area contributed by atoms with Crippen molar-refractivity contribution in [3.63, 3.8) is 0 Å². The molecule has 28 heavy (non-hydrogen) atoms. The molecule has 156 valence electrons. The first-order valence-electron chi connectivity index (χ1n) is 11.6. The third-order valence-electron chi connectivity index (χ3n) is 7.53. The molecule has 0 aromatic carbocycles. The highest BCUT2D eigenvalue weighted by molar-refractivity contribution is 5.74. The predicted octanol–water partition coefficient (Wildman–Crippen LogP) is 5.29. The first-order chi connectivity index (χ1) is 13.7. The van der Waals surface area contributed by atoms with Gasteiger partial charge in [0.1, 0.15) is 0 Å². The second-order valence-corrected chi connectivity index (χ2v) is 9.85. The number of rotatable bonds is 9. The fourth-order valence-electron chi connectivity index (χ4n) is 6.70. The van der Waals surface area contributed by atoms with Crippen molar-refractivity contribution in [1.82, 2.24) is 15.2 Å². The summed E-state index contributed by atoms with van der Waals surface area (Å²) in [4.78, 5) is 18.9. The van der Waals surface area contributed by atoms with Crippen molar-refractivity contribution >= 4 is 6.03 Å². The number of amides is 2. The molecule has 4 heteroatoms. The molecule has 1 N–H and O–H groups in total. The third-order valence-corrected chi connectivity index (χ3v) is 7.53. The Hall–Kier alpha value is -1.58. The molecule has 4 aliphatic rings. The van der Waals surface area contributed by atoms with Crippen LogP contribution in [0.25, 0.3) is 0 Å². The first kappa shape index (κ1) is 19.7. The molecule has 4 nitrogen and oxygen atoms in total. The van der Waals surface area contributed by atoms with Crippen molar-refractivity contribution in [3.05, 3.63) is 30.1 Å². The second kappa shape index (κ2) is 8.84. The number of aryl methyl sites for hydroxylation is 1. The lowest BCUT2D eigenvalue weighted by Gasteiger charge is -2.57. The normalized spacial score (nSPS) is 30.4. The number of nitrogens with one attached hydrogen (secondary N) is 1. The van der Waals surface area contributed by atoms with Gasteiger partial charge < -0.3 is 10.2 Å². The van der Waals surface area contributed by atoms with Crippen LogP contribution in [0.15, 0.2) is 24.5 Å². The Morgan fingerprint density at radius 3 is 2.39 bits per heavy atom. The molecule has 0 saturated heterocycles. The van der Waals surface area contributed by atoms with Crippen LogP contribution >= 0.6 is 0 Å². The minimum absolute atomic E-state index is 0. The molecule has 0 atom stereocenters. The van der Waals surface area contributed by atoms with Gasteiger partial charge in [-0.3, -0.25) is 4.98 Å². The number of aromatic nitrogens is 1. The molecule has 0 aliphatic heterocycles. The van der Waals surface area contributed by atoms with Crippen LogP contribution in [0, 0.1) is 23.2 Å². The smallest absolute Gasteiger partial charge is 0.317 e. The maximum atomic E-state index is 12.8. The van der Waals surface area contributed by atoms with E-state index in [0.717, 1.165) is 56.7 Å². The van der Waals surface area contributed by atoms with Crippen LogP contribution in [0.5, 0.6) is 0 Å². The largest absolute Gasteiger partial charge is 0.338 e. The van der Waals surface area contributed by atoms with E-state index in [9.17, 15) is 4.79 Å². The number of urea groups is 1. The van der Waals surface area contributed by atoms with Crippen LogP contribution in [-0.2, 0) is 6.42 Å². The molecule has 1 heterocycles. The maximum absolute atomic E-state index is 12.8. The Morgan fingerprint density at radius 2 is 1.79 bits per heavy atom. The van der Waals surface area contributed by atoms with E-state index in [-0.39, 0.29) is 7.46 Å². The molecule has 4 bridgehead atoms. The van der Waals surface area contributed by atoms with Gasteiger partial charge in [-0.25, -0.2) is 4.79 Å². The lowest BCUT2D eigenvalue weighted by atomic mass is 9.49. The van der Waals surface area contributed by atoms with Crippen LogP contribution in [-0.4, -0.2) is 35.5 Å². The zero-order chi connectivity index (χ0) is 19.4. The molecule has 4 saturated carbocycles. The summed E-state index contributed by atoms with van der Waals surface area (Å²) >= 11 is 0. The molecule has 1 aromatic heterocycles. The van der Waals surface area contributed by atoms with E-state index in [2.05, 4.69) is 34.3 Å². The van der Waals surface area contributed by atoms with Crippen molar-refractivity contribution in [1.29, 1.82) is 0 Å². The monoisotopic (exact) mass is 385 g/mol. The summed E-state index contributed by atoms with van der Waals surface area (Å²) in [5.74, 6) is 2.98. The van der Waals surface area contributed by atoms with Gasteiger partial charge in [-0.2, -0.15) is 0 Å². The summed E-state index contributed by atoms with van der Waals surface area (Å²) in [5.41, 5.74) is 1.85. The van der Waals surface area contributed by atoms with Crippen molar-refractivity contribution in [2.75, 3.05) is 19.6 Å². The quantitative estimate of drug-likeness (QED) is 0.587. The van der Waals surface area contributed by atoms with Gasteiger partial charge in [0.15, 0.2) is 0 Å². The third kappa shape index (κ3) is 4.69. The van der Waals surface area contributed by atoms with E-state index in [1.807, 2.05) is 12.4 Å². The highest BCUT2D eigenvalue weighted by Crippen LogP contribution is 2.61. The van der Waals surface area contributed by atoms with Gasteiger partial charge in [-0.05, 0) is 105 Å². The minimum atomic E-state index is 0. The van der Waals surface area contributed by atoms with Crippen molar-refractivity contribution in [3.8, 4) is 0 Å². The summed E-state index contributed by atoms with van der Waals surface area (Å²) in [5, 5.41) is 3.17. The van der Waals surface area contributed by atoms with Gasteiger partial charge in [0, 0.05) is 33.5 Å². The SMILES string of the molecule is CCCN(CCC12CC3CC(CC(C3)C1)C2)C(=O)NCCCc1ccncc1.[HH]. The van der Waals surface area contributed by atoms with Gasteiger partial charge in [0.2, 0.25) is 0 Å². The Kier molecular flexibility index (Phi) is 6.22. The van der Waals surface area contributed by atoms with Crippen LogP contribution in [0.2, 0.25) is 0 Å². The highest BCUT2D eigenvalue weighted by atomic mass is 16.2. The Morgan fingerprint density at radius 1 is 1.14 bits per heavy atom. The van der Waals surface area contributed by atoms with E-state index in [0.29, 0.717) is 5.41 Å². The first-order valence-corrected chi connectivity index (χ1v) is 11.6. The van der Waals surface area contributed by atoms with Gasteiger partial charge in [-0.15, -0.1) is 0 Å². The fraction of sp³-hybridized carbons (Fsp3) is 0.750. The molecule has 4 fully saturated rings. The number of pyridine rings is 1. The Labute approximate surface area is 172 Å². The lowest BCUT2D eigenvalue weighted by molar-refractivity contribution is -0.0596. The van der Waals surface area contributed by atoms with Crippen LogP contribution < -0.4 is 5.32 Å². The maximum Gasteiger partial charge on any atom is 0.317 e. The van der Waals surface area contributed by atoms with Crippen LogP contribution in [0.3, 0.4) is 0 Å². The molecular weight excluding hydrogens is 346 g/mol. The van der Waals surface area contributed by atoms with Gasteiger partial charge >= 0.3 is 6.03 Å². The average molecular weight is 386 g/mol. The van der Waals surface area contributed by atoms with Crippen LogP contribution in [0.1, 0.15) is 71.7 Å². The number of hydrogen-bond acceptors (Lipinski definition) is 2. The fourth-order valence-corrected chi connectivity index (χ4v) is 6.70. The molecule has 2 amide bonds. The number of carbonyl (C=O) groups excluding carboxylic acids is 1. The zero-order valence-electron chi connectivity index (χ0n) is 17.5. The summed E-state index contributed by atoms with van der Waals surface area (Å²) in [7, 11) is 0. The van der Waals surface area contributed by atoms with Gasteiger partial charge in [0.25, 0.3) is 0 Å². The van der Waals surface area contributed by atoms with Gasteiger partial charge in [-0.1, -0.05) is 6.92 Å². The Balaban J connectivity index is 0.00000240. The summed E-state index contributed by atoms with van der Waals surface area (Å²) in [6.45, 7) is 4.74. The number of carbonyl (C=O) groups is 1. The summed E-state index contributed by atoms with van der Waals surface area (Å²) in [6, 6.07) is 4.24. The molecule has 1 aromatic rings. The Bertz CT molecular complexity index is 616. The zero-order valence-corrected chi connectivity index (χ0v) is 17.5. The topological polar surface area (TPSA) is 45.2 Å². The summed E-state index contributed by atoms with van der Waals surface area (Å²) in [6.07, 6.45) is 16.7. The summed E-state index contributed by atoms with van der Waals surface area (Å²) < 4.78 is 0. The molecule has 4 aliphatic carbocycles. The molecule has 0 unspecified atom stereocenters. The van der Waals surface area contributed by atoms with Crippen molar-refractivity contribution in [2.45, 2.75) is 71.1 Å². The van der Waals surface area contributed by atoms with E-state index in [1.165, 1.54) is 50.5 Å². The molecule has 0 spiro atoms. The molecular formula is C24H39N3O. The van der Waals surface area contributed by atoms with Gasteiger partial charge in [0.05, 0.1) is 0 Å². The molecule has 0 radical (unpaired) electrons. The standard InChI is InChI=1S/C24H37N3O.H2/c1-2-11-27(23(28)26-8-3-4-19-5-9-25-10-6-19)12-7-24-16-20-13-21(17-24)15-22(14-20)18-24;/h5-6,9-10,20-22H,2-4,7-8,11-18H2,1H3,(H,26,28);1H. The second-order valence-electron chi connectivity index (χ2n) is 9.85. The minimum Gasteiger partial charge on any atom is -0.338 e. The van der Waals surface area contributed by atoms with E-state index >= 15 is 0 Å². The van der Waals surface area contributed by atoms with E-state index in [1.54, 1.807) is 0 Å². The predicted molar refractivity (Wildman–Crippen MR) is 115 cm³/mol. The van der Waals surface area contributed by atoms with Crippen molar-refractivity contribution < 1.29 is 6.22 Å². The van der Waals surface area contributed by atoms with E-state index < -0.39 is 0 Å². The lowest BCUT2D eigenvalue weighted by Crippen LogP contribution is -2.48. The number of nitrogens with zero attached hydrogens (tertiary/aromatic N) is 2. The molecule has 5 rings (SSSR count). The van der Waals surface area contributed by atoms with Crippen molar-refractivity contribution in [2.24, 2.45) is 23.2 Å². The highest BCUT2D eigenvalue weighted by Gasteiger charge is 2.50. The average Bonchev–Trinajstić information content (AvgIpc) is 2.68.